The monoisotopic (exact) mass is 860 g/mol. The van der Waals surface area contributed by atoms with Crippen LogP contribution >= 0.6 is 0 Å². The first-order chi connectivity index (χ1) is 29.4. The van der Waals surface area contributed by atoms with E-state index in [-0.39, 0.29) is 45.3 Å². The summed E-state index contributed by atoms with van der Waals surface area (Å²) in [6.45, 7) is 5.95. The molecule has 0 spiro atoms. The summed E-state index contributed by atoms with van der Waals surface area (Å²) in [7, 11) is 1.33. The molecule has 0 radical (unpaired) electrons. The minimum absolute atomic E-state index is 0.135. The summed E-state index contributed by atoms with van der Waals surface area (Å²) in [6.07, 6.45) is -6.06. The van der Waals surface area contributed by atoms with Gasteiger partial charge in [0.15, 0.2) is 18.0 Å². The Balaban J connectivity index is 1.61. The van der Waals surface area contributed by atoms with Crippen molar-refractivity contribution in [1.29, 1.82) is 0 Å². The molecule has 0 N–H and O–H groups in total. The van der Waals surface area contributed by atoms with Gasteiger partial charge in [0.1, 0.15) is 46.7 Å². The number of hydrogen-bond donors (Lipinski definition) is 0. The largest absolute Gasteiger partial charge is 0.496 e. The zero-order valence-electron chi connectivity index (χ0n) is 34.3. The second-order valence-electron chi connectivity index (χ2n) is 13.3. The summed E-state index contributed by atoms with van der Waals surface area (Å²) in [5.41, 5.74) is -0.392. The Hall–Kier alpha value is -7.54. The molecule has 1 fully saturated rings. The minimum atomic E-state index is -1.92. The molecule has 1 aromatic heterocycles. The Morgan fingerprint density at radius 3 is 1.74 bits per heavy atom. The maximum Gasteiger partial charge on any atom is 0.330 e. The molecule has 0 bridgehead atoms. The van der Waals surface area contributed by atoms with Crippen molar-refractivity contribution in [3.63, 3.8) is 0 Å². The number of fused-ring (bicyclic) bond motifs is 1. The number of esters is 7. The average molecular weight is 861 g/mol. The fourth-order valence-corrected chi connectivity index (χ4v) is 6.12. The van der Waals surface area contributed by atoms with Gasteiger partial charge in [0, 0.05) is 65.3 Å². The molecule has 326 valence electrons. The van der Waals surface area contributed by atoms with Crippen LogP contribution in [0.15, 0.2) is 76.0 Å². The van der Waals surface area contributed by atoms with E-state index in [1.165, 1.54) is 75.6 Å². The Morgan fingerprint density at radius 1 is 0.645 bits per heavy atom. The van der Waals surface area contributed by atoms with E-state index in [2.05, 4.69) is 0 Å². The van der Waals surface area contributed by atoms with Crippen LogP contribution < -0.4 is 29.1 Å². The molecule has 3 unspecified atom stereocenters. The van der Waals surface area contributed by atoms with E-state index >= 15 is 0 Å². The van der Waals surface area contributed by atoms with E-state index in [1.54, 1.807) is 12.1 Å². The van der Waals surface area contributed by atoms with Crippen molar-refractivity contribution in [2.24, 2.45) is 0 Å². The van der Waals surface area contributed by atoms with Crippen LogP contribution in [0.5, 0.6) is 28.7 Å². The highest BCUT2D eigenvalue weighted by Crippen LogP contribution is 2.39. The molecular formula is C43H40O19. The predicted octanol–water partition coefficient (Wildman–Crippen LogP) is 4.40. The van der Waals surface area contributed by atoms with E-state index in [9.17, 15) is 38.4 Å². The van der Waals surface area contributed by atoms with Crippen LogP contribution in [0.3, 0.4) is 0 Å². The molecule has 62 heavy (non-hydrogen) atoms. The zero-order valence-corrected chi connectivity index (χ0v) is 34.3. The minimum Gasteiger partial charge on any atom is -0.496 e. The maximum absolute atomic E-state index is 14.7. The quantitative estimate of drug-likeness (QED) is 0.0738. The van der Waals surface area contributed by atoms with Crippen molar-refractivity contribution in [2.45, 2.75) is 72.2 Å². The number of rotatable bonds is 14. The van der Waals surface area contributed by atoms with Crippen molar-refractivity contribution in [1.82, 2.24) is 0 Å². The fraction of sp³-hybridized carbons (Fsp3) is 0.302. The van der Waals surface area contributed by atoms with Crippen molar-refractivity contribution < 1.29 is 85.3 Å². The van der Waals surface area contributed by atoms with Crippen LogP contribution in [0, 0.1) is 0 Å². The Morgan fingerprint density at radius 2 is 1.19 bits per heavy atom. The number of hydrogen-bond acceptors (Lipinski definition) is 19. The van der Waals surface area contributed by atoms with Gasteiger partial charge >= 0.3 is 41.8 Å². The van der Waals surface area contributed by atoms with Gasteiger partial charge in [0.05, 0.1) is 7.11 Å². The van der Waals surface area contributed by atoms with Crippen LogP contribution in [0.1, 0.15) is 47.1 Å². The molecule has 4 aromatic rings. The van der Waals surface area contributed by atoms with E-state index in [0.717, 1.165) is 33.8 Å². The van der Waals surface area contributed by atoms with Gasteiger partial charge in [-0.2, -0.15) is 0 Å². The molecule has 0 amide bonds. The van der Waals surface area contributed by atoms with E-state index < -0.39 is 90.3 Å². The van der Waals surface area contributed by atoms with Gasteiger partial charge in [-0.3, -0.25) is 33.6 Å². The molecular weight excluding hydrogens is 820 g/mol. The lowest BCUT2D eigenvalue weighted by molar-refractivity contribution is -0.288. The SMILES string of the molecule is COc1cc(OC(C)=O)c2c(=O)c(O[C@@H]3OC(COC(=O)/C=C/c4ccc(OC(C)=O)cc4)[C@H](OC(C)=O)C(OC(C)=O)C3OC(C)=O)c(-c3ccc(OC(C)=O)cc3)oc2c1. The second-order valence-corrected chi connectivity index (χ2v) is 13.3. The van der Waals surface area contributed by atoms with Crippen LogP contribution in [-0.2, 0) is 57.2 Å². The molecule has 3 aromatic carbocycles. The van der Waals surface area contributed by atoms with Gasteiger partial charge in [-0.1, -0.05) is 12.1 Å². The topological polar surface area (TPSA) is 242 Å². The fourth-order valence-electron chi connectivity index (χ4n) is 6.12. The first-order valence-corrected chi connectivity index (χ1v) is 18.6. The lowest BCUT2D eigenvalue weighted by Gasteiger charge is -2.43. The second kappa shape index (κ2) is 20.1. The zero-order chi connectivity index (χ0) is 45.2. The highest BCUT2D eigenvalue weighted by molar-refractivity contribution is 5.91. The van der Waals surface area contributed by atoms with Crippen LogP contribution in [0.2, 0.25) is 0 Å². The van der Waals surface area contributed by atoms with Crippen LogP contribution in [0.4, 0.5) is 0 Å². The first-order valence-electron chi connectivity index (χ1n) is 18.6. The van der Waals surface area contributed by atoms with Crippen molar-refractivity contribution in [2.75, 3.05) is 13.7 Å². The normalized spacial score (nSPS) is 18.2. The van der Waals surface area contributed by atoms with Gasteiger partial charge in [0.2, 0.25) is 23.6 Å². The highest BCUT2D eigenvalue weighted by Gasteiger charge is 2.54. The third-order valence-corrected chi connectivity index (χ3v) is 8.43. The number of methoxy groups -OCH3 is 1. The molecule has 1 aliphatic rings. The summed E-state index contributed by atoms with van der Waals surface area (Å²) < 4.78 is 61.6. The molecule has 2 heterocycles. The smallest absolute Gasteiger partial charge is 0.330 e. The van der Waals surface area contributed by atoms with Crippen LogP contribution in [-0.4, -0.2) is 86.2 Å². The van der Waals surface area contributed by atoms with E-state index in [0.29, 0.717) is 5.56 Å². The lowest BCUT2D eigenvalue weighted by Crippen LogP contribution is -2.63. The third kappa shape index (κ3) is 11.8. The Labute approximate surface area is 352 Å². The Bertz CT molecular complexity index is 2450. The summed E-state index contributed by atoms with van der Waals surface area (Å²) >= 11 is 0. The molecule has 19 heteroatoms. The standard InChI is InChI=1S/C43H40O19/c1-21(44)54-29-13-8-27(9-14-29)10-17-35(50)53-20-34-39(57-24(4)47)41(58-25(5)48)42(59-26(6)49)43(61-34)62-40-37(51)36-32(56-23(3)46)18-31(52-7)19-33(36)60-38(40)28-11-15-30(16-12-28)55-22(2)45/h8-19,34,39,41-43H,20H2,1-7H3/b17-10+/t34?,39-,41?,42?,43-/m0/s1. The van der Waals surface area contributed by atoms with Gasteiger partial charge in [0.25, 0.3) is 0 Å². The lowest BCUT2D eigenvalue weighted by atomic mass is 9.98. The first kappa shape index (κ1) is 45.5. The maximum atomic E-state index is 14.7. The molecule has 5 rings (SSSR count). The number of benzene rings is 3. The van der Waals surface area contributed by atoms with Crippen molar-refractivity contribution in [3.8, 4) is 40.1 Å². The average Bonchev–Trinajstić information content (AvgIpc) is 3.19. The molecule has 0 aliphatic carbocycles. The van der Waals surface area contributed by atoms with E-state index in [4.69, 9.17) is 51.8 Å². The number of carbonyl (C=O) groups excluding carboxylic acids is 7. The van der Waals surface area contributed by atoms with Crippen molar-refractivity contribution >= 4 is 58.8 Å². The molecule has 1 aliphatic heterocycles. The van der Waals surface area contributed by atoms with Gasteiger partial charge in [-0.25, -0.2) is 4.79 Å². The number of carbonyl (C=O) groups is 7. The molecule has 1 saturated heterocycles. The highest BCUT2D eigenvalue weighted by atomic mass is 16.7. The third-order valence-electron chi connectivity index (χ3n) is 8.43. The molecule has 5 atom stereocenters. The van der Waals surface area contributed by atoms with E-state index in [1.807, 2.05) is 0 Å². The molecule has 0 saturated carbocycles. The van der Waals surface area contributed by atoms with Crippen LogP contribution in [0.25, 0.3) is 28.4 Å². The number of ether oxygens (including phenoxy) is 10. The van der Waals surface area contributed by atoms with Crippen molar-refractivity contribution in [3.05, 3.63) is 82.5 Å². The van der Waals surface area contributed by atoms with Gasteiger partial charge in [-0.15, -0.1) is 0 Å². The summed E-state index contributed by atoms with van der Waals surface area (Å²) in [5, 5.41) is -0.302. The predicted molar refractivity (Wildman–Crippen MR) is 211 cm³/mol. The summed E-state index contributed by atoms with van der Waals surface area (Å²) in [4.78, 5) is 100. The summed E-state index contributed by atoms with van der Waals surface area (Å²) in [6, 6.07) is 14.4. The molecule has 19 nitrogen and oxygen atoms in total. The Kier molecular flexibility index (Phi) is 14.8. The van der Waals surface area contributed by atoms with Gasteiger partial charge in [-0.05, 0) is 48.0 Å². The summed E-state index contributed by atoms with van der Waals surface area (Å²) in [5.74, 6) is -6.22. The van der Waals surface area contributed by atoms with Gasteiger partial charge < -0.3 is 51.8 Å².